The lowest BCUT2D eigenvalue weighted by molar-refractivity contribution is -0.131. The highest BCUT2D eigenvalue weighted by atomic mass is 16.5. The van der Waals surface area contributed by atoms with E-state index < -0.39 is 0 Å². The van der Waals surface area contributed by atoms with Gasteiger partial charge in [0.2, 0.25) is 5.91 Å². The van der Waals surface area contributed by atoms with Crippen LogP contribution in [0, 0.1) is 12.3 Å². The molecule has 16 heavy (non-hydrogen) atoms. The minimum atomic E-state index is 0.0480. The number of terminal acetylenes is 1. The molecule has 1 amide bonds. The molecule has 4 heteroatoms. The van der Waals surface area contributed by atoms with Gasteiger partial charge in [0.25, 0.3) is 0 Å². The zero-order valence-corrected chi connectivity index (χ0v) is 9.87. The monoisotopic (exact) mass is 224 g/mol. The van der Waals surface area contributed by atoms with Gasteiger partial charge in [0.1, 0.15) is 0 Å². The first-order valence-electron chi connectivity index (χ1n) is 5.73. The number of hydrogen-bond acceptors (Lipinski definition) is 3. The maximum atomic E-state index is 11.5. The van der Waals surface area contributed by atoms with Crippen molar-refractivity contribution in [3.05, 3.63) is 0 Å². The molecular formula is C12H20N2O2. The molecule has 0 aliphatic carbocycles. The summed E-state index contributed by atoms with van der Waals surface area (Å²) in [4.78, 5) is 13.1. The van der Waals surface area contributed by atoms with Crippen molar-refractivity contribution in [1.29, 1.82) is 0 Å². The summed E-state index contributed by atoms with van der Waals surface area (Å²) in [5, 5.41) is 3.27. The van der Waals surface area contributed by atoms with Gasteiger partial charge < -0.3 is 15.0 Å². The minimum Gasteiger partial charge on any atom is -0.378 e. The number of rotatable bonds is 5. The predicted molar refractivity (Wildman–Crippen MR) is 62.9 cm³/mol. The maximum Gasteiger partial charge on any atom is 0.225 e. The molecule has 0 bridgehead atoms. The number of carbonyl (C=O) groups is 1. The second kappa shape index (κ2) is 7.26. The second-order valence-electron chi connectivity index (χ2n) is 4.02. The third kappa shape index (κ3) is 4.65. The van der Waals surface area contributed by atoms with Gasteiger partial charge in [0.15, 0.2) is 0 Å². The molecule has 0 spiro atoms. The van der Waals surface area contributed by atoms with E-state index in [-0.39, 0.29) is 5.91 Å². The third-order valence-electron chi connectivity index (χ3n) is 2.71. The van der Waals surface area contributed by atoms with Crippen LogP contribution >= 0.6 is 0 Å². The Morgan fingerprint density at radius 3 is 2.88 bits per heavy atom. The molecule has 90 valence electrons. The van der Waals surface area contributed by atoms with Gasteiger partial charge in [-0.2, -0.15) is 0 Å². The minimum absolute atomic E-state index is 0.0480. The average Bonchev–Trinajstić information content (AvgIpc) is 2.30. The van der Waals surface area contributed by atoms with Crippen LogP contribution in [0.15, 0.2) is 0 Å². The fourth-order valence-corrected chi connectivity index (χ4v) is 1.69. The maximum absolute atomic E-state index is 11.5. The van der Waals surface area contributed by atoms with E-state index >= 15 is 0 Å². The molecule has 0 atom stereocenters. The van der Waals surface area contributed by atoms with Crippen molar-refractivity contribution in [1.82, 2.24) is 10.2 Å². The quantitative estimate of drug-likeness (QED) is 0.680. The number of amides is 1. The third-order valence-corrected chi connectivity index (χ3v) is 2.71. The Morgan fingerprint density at radius 2 is 2.25 bits per heavy atom. The lowest BCUT2D eigenvalue weighted by Gasteiger charge is -2.23. The fourth-order valence-electron chi connectivity index (χ4n) is 1.69. The van der Waals surface area contributed by atoms with Crippen LogP contribution in [-0.4, -0.2) is 50.2 Å². The molecule has 0 radical (unpaired) electrons. The molecule has 0 aromatic rings. The van der Waals surface area contributed by atoms with Crippen LogP contribution < -0.4 is 5.32 Å². The van der Waals surface area contributed by atoms with Crippen LogP contribution in [-0.2, 0) is 9.53 Å². The molecule has 4 nitrogen and oxygen atoms in total. The largest absolute Gasteiger partial charge is 0.378 e. The summed E-state index contributed by atoms with van der Waals surface area (Å²) in [6.45, 7) is 2.88. The van der Waals surface area contributed by atoms with E-state index in [1.54, 1.807) is 11.9 Å². The Bertz CT molecular complexity index is 254. The number of carbonyl (C=O) groups excluding carboxylic acids is 1. The summed E-state index contributed by atoms with van der Waals surface area (Å²) >= 11 is 0. The SMILES string of the molecule is C#CCN(C)C(=O)CCOC1CCNCC1. The van der Waals surface area contributed by atoms with Gasteiger partial charge in [-0.1, -0.05) is 5.92 Å². The van der Waals surface area contributed by atoms with Gasteiger partial charge >= 0.3 is 0 Å². The molecule has 1 fully saturated rings. The van der Waals surface area contributed by atoms with E-state index in [9.17, 15) is 4.79 Å². The van der Waals surface area contributed by atoms with Crippen LogP contribution in [0.4, 0.5) is 0 Å². The number of nitrogens with one attached hydrogen (secondary N) is 1. The molecule has 0 aromatic carbocycles. The van der Waals surface area contributed by atoms with E-state index in [1.165, 1.54) is 0 Å². The van der Waals surface area contributed by atoms with Crippen LogP contribution in [0.3, 0.4) is 0 Å². The Labute approximate surface area is 97.3 Å². The van der Waals surface area contributed by atoms with E-state index in [0.29, 0.717) is 25.7 Å². The average molecular weight is 224 g/mol. The zero-order chi connectivity index (χ0) is 11.8. The Hall–Kier alpha value is -1.05. The number of ether oxygens (including phenoxy) is 1. The van der Waals surface area contributed by atoms with Gasteiger partial charge in [-0.3, -0.25) is 4.79 Å². The van der Waals surface area contributed by atoms with E-state index in [4.69, 9.17) is 11.2 Å². The van der Waals surface area contributed by atoms with Crippen molar-refractivity contribution in [2.45, 2.75) is 25.4 Å². The highest BCUT2D eigenvalue weighted by molar-refractivity contribution is 5.76. The van der Waals surface area contributed by atoms with E-state index in [0.717, 1.165) is 25.9 Å². The first-order valence-corrected chi connectivity index (χ1v) is 5.73. The lowest BCUT2D eigenvalue weighted by Crippen LogP contribution is -2.33. The summed E-state index contributed by atoms with van der Waals surface area (Å²) in [5.41, 5.74) is 0. The molecule has 1 aliphatic heterocycles. The zero-order valence-electron chi connectivity index (χ0n) is 9.87. The Morgan fingerprint density at radius 1 is 1.56 bits per heavy atom. The van der Waals surface area contributed by atoms with Gasteiger partial charge in [0, 0.05) is 7.05 Å². The smallest absolute Gasteiger partial charge is 0.225 e. The second-order valence-corrected chi connectivity index (χ2v) is 4.02. The van der Waals surface area contributed by atoms with Crippen molar-refractivity contribution in [3.63, 3.8) is 0 Å². The predicted octanol–water partition coefficient (Wildman–Crippen LogP) is 0.237. The lowest BCUT2D eigenvalue weighted by atomic mass is 10.1. The van der Waals surface area contributed by atoms with E-state index in [1.807, 2.05) is 0 Å². The van der Waals surface area contributed by atoms with Crippen LogP contribution in [0.5, 0.6) is 0 Å². The van der Waals surface area contributed by atoms with Crippen molar-refractivity contribution in [2.24, 2.45) is 0 Å². The summed E-state index contributed by atoms with van der Waals surface area (Å²) in [7, 11) is 1.72. The van der Waals surface area contributed by atoms with Gasteiger partial charge in [-0.25, -0.2) is 0 Å². The molecule has 1 aliphatic rings. The summed E-state index contributed by atoms with van der Waals surface area (Å²) < 4.78 is 5.64. The molecule has 1 N–H and O–H groups in total. The topological polar surface area (TPSA) is 41.6 Å². The molecule has 0 aromatic heterocycles. The van der Waals surface area contributed by atoms with Crippen molar-refractivity contribution < 1.29 is 9.53 Å². The molecule has 1 saturated heterocycles. The van der Waals surface area contributed by atoms with Crippen molar-refractivity contribution in [3.8, 4) is 12.3 Å². The molecule has 0 saturated carbocycles. The Balaban J connectivity index is 2.10. The van der Waals surface area contributed by atoms with Gasteiger partial charge in [-0.05, 0) is 25.9 Å². The van der Waals surface area contributed by atoms with Crippen LogP contribution in [0.2, 0.25) is 0 Å². The van der Waals surface area contributed by atoms with Crippen molar-refractivity contribution >= 4 is 5.91 Å². The molecular weight excluding hydrogens is 204 g/mol. The number of piperidine rings is 1. The van der Waals surface area contributed by atoms with Crippen molar-refractivity contribution in [2.75, 3.05) is 33.3 Å². The standard InChI is InChI=1S/C12H20N2O2/c1-3-9-14(2)12(15)6-10-16-11-4-7-13-8-5-11/h1,11,13H,4-10H2,2H3. The molecule has 0 unspecified atom stereocenters. The normalized spacial score (nSPS) is 16.8. The van der Waals surface area contributed by atoms with Gasteiger partial charge in [-0.15, -0.1) is 6.42 Å². The molecule has 1 heterocycles. The van der Waals surface area contributed by atoms with Crippen LogP contribution in [0.1, 0.15) is 19.3 Å². The first-order chi connectivity index (χ1) is 7.74. The highest BCUT2D eigenvalue weighted by Gasteiger charge is 2.14. The first kappa shape index (κ1) is 13.0. The summed E-state index contributed by atoms with van der Waals surface area (Å²) in [5.74, 6) is 2.49. The molecule has 1 rings (SSSR count). The Kier molecular flexibility index (Phi) is 5.91. The van der Waals surface area contributed by atoms with Gasteiger partial charge in [0.05, 0.1) is 25.7 Å². The fraction of sp³-hybridized carbons (Fsp3) is 0.750. The number of hydrogen-bond donors (Lipinski definition) is 1. The summed E-state index contributed by atoms with van der Waals surface area (Å²) in [6.07, 6.45) is 7.93. The number of nitrogens with zero attached hydrogens (tertiary/aromatic N) is 1. The highest BCUT2D eigenvalue weighted by Crippen LogP contribution is 2.07. The van der Waals surface area contributed by atoms with Crippen LogP contribution in [0.25, 0.3) is 0 Å². The van der Waals surface area contributed by atoms with E-state index in [2.05, 4.69) is 11.2 Å². The summed E-state index contributed by atoms with van der Waals surface area (Å²) in [6, 6.07) is 0.